The van der Waals surface area contributed by atoms with Crippen LogP contribution < -0.4 is 5.32 Å². The van der Waals surface area contributed by atoms with Gasteiger partial charge in [0.05, 0.1) is 4.90 Å². The molecule has 0 spiro atoms. The lowest BCUT2D eigenvalue weighted by atomic mass is 10.2. The maximum Gasteiger partial charge on any atom is 0.244 e. The van der Waals surface area contributed by atoms with Gasteiger partial charge in [-0.2, -0.15) is 4.31 Å². The van der Waals surface area contributed by atoms with Crippen LogP contribution in [-0.2, 0) is 10.0 Å². The summed E-state index contributed by atoms with van der Waals surface area (Å²) in [4.78, 5) is 0.378. The molecule has 21 heavy (non-hydrogen) atoms. The van der Waals surface area contributed by atoms with E-state index in [1.807, 2.05) is 6.07 Å². The van der Waals surface area contributed by atoms with Crippen molar-refractivity contribution >= 4 is 26.0 Å². The first-order chi connectivity index (χ1) is 10.1. The second-order valence-corrected chi connectivity index (χ2v) is 8.75. The van der Waals surface area contributed by atoms with Crippen molar-refractivity contribution in [3.63, 3.8) is 0 Å². The van der Waals surface area contributed by atoms with Crippen LogP contribution in [0.15, 0.2) is 33.6 Å². The smallest absolute Gasteiger partial charge is 0.244 e. The average Bonchev–Trinajstić information content (AvgIpc) is 3.12. The Morgan fingerprint density at radius 2 is 1.95 bits per heavy atom. The van der Waals surface area contributed by atoms with Crippen LogP contribution >= 0.6 is 15.9 Å². The molecule has 1 aliphatic heterocycles. The molecule has 1 saturated heterocycles. The highest BCUT2D eigenvalue weighted by atomic mass is 79.9. The first-order valence-corrected chi connectivity index (χ1v) is 9.79. The number of nitrogens with one attached hydrogen (secondary N) is 1. The van der Waals surface area contributed by atoms with Gasteiger partial charge in [0.15, 0.2) is 0 Å². The van der Waals surface area contributed by atoms with Gasteiger partial charge in [-0.1, -0.05) is 12.1 Å². The Bertz CT molecular complexity index is 595. The van der Waals surface area contributed by atoms with E-state index in [2.05, 4.69) is 21.2 Å². The predicted molar refractivity (Wildman–Crippen MR) is 86.6 cm³/mol. The Morgan fingerprint density at radius 1 is 1.19 bits per heavy atom. The molecule has 1 atom stereocenters. The molecule has 1 heterocycles. The standard InChI is InChI=1S/C15H21BrN2O2S/c16-14-5-1-2-6-15(14)21(19,20)18(10-12-7-8-12)11-13-4-3-9-17-13/h1-2,5-6,12-13,17H,3-4,7-11H2. The zero-order chi connectivity index (χ0) is 14.9. The van der Waals surface area contributed by atoms with E-state index in [1.165, 1.54) is 0 Å². The molecule has 6 heteroatoms. The van der Waals surface area contributed by atoms with E-state index >= 15 is 0 Å². The van der Waals surface area contributed by atoms with E-state index < -0.39 is 10.0 Å². The van der Waals surface area contributed by atoms with Gasteiger partial charge in [-0.3, -0.25) is 0 Å². The van der Waals surface area contributed by atoms with Crippen LogP contribution in [0.3, 0.4) is 0 Å². The predicted octanol–water partition coefficient (Wildman–Crippen LogP) is 2.60. The minimum atomic E-state index is -3.43. The third-order valence-corrected chi connectivity index (χ3v) is 7.04. The van der Waals surface area contributed by atoms with Gasteiger partial charge < -0.3 is 5.32 Å². The van der Waals surface area contributed by atoms with E-state index in [0.29, 0.717) is 34.4 Å². The summed E-state index contributed by atoms with van der Waals surface area (Å²) in [5.41, 5.74) is 0. The van der Waals surface area contributed by atoms with Crippen LogP contribution in [-0.4, -0.2) is 38.4 Å². The largest absolute Gasteiger partial charge is 0.313 e. The molecule has 1 aliphatic carbocycles. The van der Waals surface area contributed by atoms with Crippen LogP contribution in [0.25, 0.3) is 0 Å². The van der Waals surface area contributed by atoms with Gasteiger partial charge in [0.2, 0.25) is 10.0 Å². The molecule has 2 aliphatic rings. The molecule has 0 amide bonds. The summed E-state index contributed by atoms with van der Waals surface area (Å²) in [7, 11) is -3.43. The highest BCUT2D eigenvalue weighted by molar-refractivity contribution is 9.10. The summed E-state index contributed by atoms with van der Waals surface area (Å²) in [5, 5.41) is 3.40. The molecule has 1 unspecified atom stereocenters. The Balaban J connectivity index is 1.84. The number of nitrogens with zero attached hydrogens (tertiary/aromatic N) is 1. The SMILES string of the molecule is O=S(=O)(c1ccccc1Br)N(CC1CC1)CC1CCCN1. The monoisotopic (exact) mass is 372 g/mol. The van der Waals surface area contributed by atoms with Crippen molar-refractivity contribution in [3.05, 3.63) is 28.7 Å². The summed E-state index contributed by atoms with van der Waals surface area (Å²) >= 11 is 3.37. The second-order valence-electron chi connectivity index (χ2n) is 5.99. The first kappa shape index (κ1) is 15.5. The minimum Gasteiger partial charge on any atom is -0.313 e. The van der Waals surface area contributed by atoms with Crippen molar-refractivity contribution in [2.45, 2.75) is 36.6 Å². The quantitative estimate of drug-likeness (QED) is 0.834. The summed E-state index contributed by atoms with van der Waals surface area (Å²) < 4.78 is 28.3. The summed E-state index contributed by atoms with van der Waals surface area (Å²) in [5.74, 6) is 0.545. The van der Waals surface area contributed by atoms with Crippen molar-refractivity contribution in [2.24, 2.45) is 5.92 Å². The van der Waals surface area contributed by atoms with Gasteiger partial charge in [0.1, 0.15) is 0 Å². The van der Waals surface area contributed by atoms with Crippen LogP contribution in [0.5, 0.6) is 0 Å². The van der Waals surface area contributed by atoms with Gasteiger partial charge >= 0.3 is 0 Å². The lowest BCUT2D eigenvalue weighted by Crippen LogP contribution is -2.42. The van der Waals surface area contributed by atoms with E-state index in [-0.39, 0.29) is 0 Å². The summed E-state index contributed by atoms with van der Waals surface area (Å²) in [6, 6.07) is 7.38. The minimum absolute atomic E-state index is 0.293. The Morgan fingerprint density at radius 3 is 2.57 bits per heavy atom. The van der Waals surface area contributed by atoms with Crippen molar-refractivity contribution in [1.29, 1.82) is 0 Å². The first-order valence-electron chi connectivity index (χ1n) is 7.55. The van der Waals surface area contributed by atoms with Crippen LogP contribution in [0.1, 0.15) is 25.7 Å². The number of benzene rings is 1. The molecule has 1 N–H and O–H groups in total. The van der Waals surface area contributed by atoms with E-state index in [1.54, 1.807) is 22.5 Å². The number of rotatable bonds is 6. The fourth-order valence-electron chi connectivity index (χ4n) is 2.81. The molecule has 2 fully saturated rings. The second kappa shape index (κ2) is 6.36. The maximum atomic E-state index is 13.0. The third-order valence-electron chi connectivity index (χ3n) is 4.20. The van der Waals surface area contributed by atoms with Gasteiger partial charge in [0, 0.05) is 23.6 Å². The Hall–Kier alpha value is -0.430. The van der Waals surface area contributed by atoms with Crippen LogP contribution in [0.2, 0.25) is 0 Å². The highest BCUT2D eigenvalue weighted by Crippen LogP contribution is 2.33. The molecule has 4 nitrogen and oxygen atoms in total. The zero-order valence-electron chi connectivity index (χ0n) is 12.0. The van der Waals surface area contributed by atoms with E-state index in [0.717, 1.165) is 32.2 Å². The lowest BCUT2D eigenvalue weighted by molar-refractivity contribution is 0.358. The molecule has 0 aromatic heterocycles. The molecular weight excluding hydrogens is 352 g/mol. The van der Waals surface area contributed by atoms with Gasteiger partial charge in [0.25, 0.3) is 0 Å². The average molecular weight is 373 g/mol. The molecule has 3 rings (SSSR count). The fourth-order valence-corrected chi connectivity index (χ4v) is 5.34. The molecule has 0 bridgehead atoms. The lowest BCUT2D eigenvalue weighted by Gasteiger charge is -2.25. The zero-order valence-corrected chi connectivity index (χ0v) is 14.4. The topological polar surface area (TPSA) is 49.4 Å². The molecule has 0 radical (unpaired) electrons. The van der Waals surface area contributed by atoms with Gasteiger partial charge in [-0.15, -0.1) is 0 Å². The van der Waals surface area contributed by atoms with Crippen LogP contribution in [0.4, 0.5) is 0 Å². The normalized spacial score (nSPS) is 22.9. The molecule has 1 saturated carbocycles. The Labute approximate surface area is 135 Å². The van der Waals surface area contributed by atoms with Crippen molar-refractivity contribution in [1.82, 2.24) is 9.62 Å². The highest BCUT2D eigenvalue weighted by Gasteiger charge is 2.34. The fraction of sp³-hybridized carbons (Fsp3) is 0.600. The summed E-state index contributed by atoms with van der Waals surface area (Å²) in [6.07, 6.45) is 4.50. The number of hydrogen-bond donors (Lipinski definition) is 1. The molecule has 116 valence electrons. The molecule has 1 aromatic carbocycles. The van der Waals surface area contributed by atoms with E-state index in [9.17, 15) is 8.42 Å². The Kier molecular flexibility index (Phi) is 4.69. The number of hydrogen-bond acceptors (Lipinski definition) is 3. The van der Waals surface area contributed by atoms with E-state index in [4.69, 9.17) is 0 Å². The van der Waals surface area contributed by atoms with Crippen molar-refractivity contribution in [2.75, 3.05) is 19.6 Å². The van der Waals surface area contributed by atoms with Crippen molar-refractivity contribution < 1.29 is 8.42 Å². The number of sulfonamides is 1. The van der Waals surface area contributed by atoms with Crippen molar-refractivity contribution in [3.8, 4) is 0 Å². The number of halogens is 1. The maximum absolute atomic E-state index is 13.0. The van der Waals surface area contributed by atoms with Gasteiger partial charge in [-0.25, -0.2) is 8.42 Å². The molecular formula is C15H21BrN2O2S. The van der Waals surface area contributed by atoms with Crippen LogP contribution in [0, 0.1) is 5.92 Å². The third kappa shape index (κ3) is 3.67. The van der Waals surface area contributed by atoms with Gasteiger partial charge in [-0.05, 0) is 66.2 Å². The summed E-state index contributed by atoms with van der Waals surface area (Å²) in [6.45, 7) is 2.24. The molecule has 1 aromatic rings.